The lowest BCUT2D eigenvalue weighted by atomic mass is 10.2. The molecule has 0 aliphatic carbocycles. The predicted molar refractivity (Wildman–Crippen MR) is 116 cm³/mol. The van der Waals surface area contributed by atoms with Crippen molar-refractivity contribution in [1.29, 1.82) is 0 Å². The number of hydrogen-bond donors (Lipinski definition) is 1. The van der Waals surface area contributed by atoms with Gasteiger partial charge in [0.1, 0.15) is 18.5 Å². The molecular formula is C23H32N4O3. The molecule has 1 atom stereocenters. The summed E-state index contributed by atoms with van der Waals surface area (Å²) in [7, 11) is 1.50. The first-order valence-corrected chi connectivity index (χ1v) is 10.5. The molecule has 1 saturated heterocycles. The van der Waals surface area contributed by atoms with Crippen molar-refractivity contribution in [2.24, 2.45) is 0 Å². The maximum Gasteiger partial charge on any atom is 0.246 e. The molecule has 1 aliphatic rings. The summed E-state index contributed by atoms with van der Waals surface area (Å²) in [6.07, 6.45) is 3.66. The fourth-order valence-electron chi connectivity index (χ4n) is 3.50. The Morgan fingerprint density at radius 3 is 2.33 bits per heavy atom. The van der Waals surface area contributed by atoms with Crippen LogP contribution in [0.4, 0.5) is 0 Å². The minimum Gasteiger partial charge on any atom is -0.489 e. The summed E-state index contributed by atoms with van der Waals surface area (Å²) in [5.74, 6) is 0.678. The first-order chi connectivity index (χ1) is 14.6. The number of nitrogens with one attached hydrogen (secondary N) is 1. The van der Waals surface area contributed by atoms with Crippen LogP contribution in [-0.2, 0) is 22.6 Å². The Balaban J connectivity index is 1.38. The highest BCUT2D eigenvalue weighted by atomic mass is 16.5. The van der Waals surface area contributed by atoms with Crippen molar-refractivity contribution in [3.63, 3.8) is 0 Å². The standard InChI is InChI=1S/C23H32N4O3/c1-19(14-25-23(28)18-29-2)30-22-7-5-20(6-8-22)16-26-10-12-27(13-11-26)17-21-4-3-9-24-15-21/h3-9,15,19H,10-14,16-18H2,1-2H3,(H,25,28)/t19-/m0/s1. The van der Waals surface area contributed by atoms with E-state index < -0.39 is 0 Å². The van der Waals surface area contributed by atoms with E-state index in [1.54, 1.807) is 0 Å². The molecule has 2 aromatic rings. The van der Waals surface area contributed by atoms with Gasteiger partial charge in [-0.2, -0.15) is 0 Å². The van der Waals surface area contributed by atoms with Gasteiger partial charge < -0.3 is 14.8 Å². The lowest BCUT2D eigenvalue weighted by Gasteiger charge is -2.34. The summed E-state index contributed by atoms with van der Waals surface area (Å²) >= 11 is 0. The molecule has 1 aliphatic heterocycles. The van der Waals surface area contributed by atoms with E-state index in [2.05, 4.69) is 38.3 Å². The lowest BCUT2D eigenvalue weighted by Crippen LogP contribution is -2.45. The van der Waals surface area contributed by atoms with Gasteiger partial charge in [-0.1, -0.05) is 18.2 Å². The molecule has 1 aromatic heterocycles. The SMILES string of the molecule is COCC(=O)NC[C@H](C)Oc1ccc(CN2CCN(Cc3cccnc3)CC2)cc1. The van der Waals surface area contributed by atoms with E-state index in [-0.39, 0.29) is 18.6 Å². The third kappa shape index (κ3) is 7.40. The van der Waals surface area contributed by atoms with E-state index in [9.17, 15) is 4.79 Å². The van der Waals surface area contributed by atoms with Crippen molar-refractivity contribution in [1.82, 2.24) is 20.1 Å². The number of ether oxygens (including phenoxy) is 2. The van der Waals surface area contributed by atoms with Gasteiger partial charge in [0.25, 0.3) is 0 Å². The van der Waals surface area contributed by atoms with Gasteiger partial charge in [0, 0.05) is 58.8 Å². The zero-order valence-electron chi connectivity index (χ0n) is 17.9. The van der Waals surface area contributed by atoms with Crippen LogP contribution in [-0.4, -0.2) is 73.2 Å². The number of piperazine rings is 1. The second-order valence-electron chi connectivity index (χ2n) is 7.72. The van der Waals surface area contributed by atoms with Gasteiger partial charge in [-0.05, 0) is 36.2 Å². The molecule has 0 saturated carbocycles. The molecule has 1 aromatic carbocycles. The fraction of sp³-hybridized carbons (Fsp3) is 0.478. The monoisotopic (exact) mass is 412 g/mol. The van der Waals surface area contributed by atoms with Gasteiger partial charge in [-0.15, -0.1) is 0 Å². The van der Waals surface area contributed by atoms with Crippen molar-refractivity contribution in [3.8, 4) is 5.75 Å². The van der Waals surface area contributed by atoms with Crippen LogP contribution < -0.4 is 10.1 Å². The largest absolute Gasteiger partial charge is 0.489 e. The van der Waals surface area contributed by atoms with E-state index in [1.165, 1.54) is 18.2 Å². The highest BCUT2D eigenvalue weighted by Gasteiger charge is 2.17. The number of pyridine rings is 1. The van der Waals surface area contributed by atoms with Gasteiger partial charge in [0.05, 0.1) is 6.54 Å². The molecule has 30 heavy (non-hydrogen) atoms. The minimum atomic E-state index is -0.135. The van der Waals surface area contributed by atoms with Crippen molar-refractivity contribution in [2.75, 3.05) is 46.4 Å². The molecule has 1 fully saturated rings. The third-order valence-electron chi connectivity index (χ3n) is 5.12. The van der Waals surface area contributed by atoms with Gasteiger partial charge >= 0.3 is 0 Å². The van der Waals surface area contributed by atoms with E-state index in [0.717, 1.165) is 45.0 Å². The first-order valence-electron chi connectivity index (χ1n) is 10.5. The number of methoxy groups -OCH3 is 1. The molecule has 3 rings (SSSR count). The van der Waals surface area contributed by atoms with E-state index in [0.29, 0.717) is 6.54 Å². The Morgan fingerprint density at radius 2 is 1.73 bits per heavy atom. The van der Waals surface area contributed by atoms with Crippen molar-refractivity contribution >= 4 is 5.91 Å². The Hall–Kier alpha value is -2.48. The van der Waals surface area contributed by atoms with Crippen molar-refractivity contribution < 1.29 is 14.3 Å². The van der Waals surface area contributed by atoms with Gasteiger partial charge in [0.2, 0.25) is 5.91 Å². The second-order valence-corrected chi connectivity index (χ2v) is 7.72. The van der Waals surface area contributed by atoms with E-state index in [1.807, 2.05) is 37.5 Å². The van der Waals surface area contributed by atoms with Crippen LogP contribution in [0.3, 0.4) is 0 Å². The summed E-state index contributed by atoms with van der Waals surface area (Å²) in [5.41, 5.74) is 2.55. The summed E-state index contributed by atoms with van der Waals surface area (Å²) in [5, 5.41) is 2.78. The first kappa shape index (κ1) is 22.2. The number of hydrogen-bond acceptors (Lipinski definition) is 6. The zero-order valence-corrected chi connectivity index (χ0v) is 17.9. The van der Waals surface area contributed by atoms with E-state index >= 15 is 0 Å². The van der Waals surface area contributed by atoms with Crippen LogP contribution in [0.25, 0.3) is 0 Å². The number of carbonyl (C=O) groups excluding carboxylic acids is 1. The van der Waals surface area contributed by atoms with Crippen LogP contribution >= 0.6 is 0 Å². The fourth-order valence-corrected chi connectivity index (χ4v) is 3.50. The van der Waals surface area contributed by atoms with Crippen LogP contribution in [0.15, 0.2) is 48.8 Å². The van der Waals surface area contributed by atoms with Gasteiger partial charge in [-0.3, -0.25) is 19.6 Å². The lowest BCUT2D eigenvalue weighted by molar-refractivity contribution is -0.125. The predicted octanol–water partition coefficient (Wildman–Crippen LogP) is 1.93. The van der Waals surface area contributed by atoms with Crippen molar-refractivity contribution in [2.45, 2.75) is 26.1 Å². The zero-order chi connectivity index (χ0) is 21.2. The minimum absolute atomic E-state index is 0.0686. The summed E-state index contributed by atoms with van der Waals surface area (Å²) in [6, 6.07) is 12.4. The van der Waals surface area contributed by atoms with E-state index in [4.69, 9.17) is 9.47 Å². The number of carbonyl (C=O) groups is 1. The van der Waals surface area contributed by atoms with Gasteiger partial charge in [-0.25, -0.2) is 0 Å². The molecule has 7 heteroatoms. The third-order valence-corrected chi connectivity index (χ3v) is 5.12. The Labute approximate surface area is 179 Å². The summed E-state index contributed by atoms with van der Waals surface area (Å²) in [4.78, 5) is 20.6. The highest BCUT2D eigenvalue weighted by Crippen LogP contribution is 2.16. The average molecular weight is 413 g/mol. The Kier molecular flexibility index (Phi) is 8.62. The molecule has 2 heterocycles. The Bertz CT molecular complexity index is 762. The molecule has 0 unspecified atom stereocenters. The number of aromatic nitrogens is 1. The van der Waals surface area contributed by atoms with Crippen LogP contribution in [0, 0.1) is 0 Å². The number of nitrogens with zero attached hydrogens (tertiary/aromatic N) is 3. The molecule has 0 spiro atoms. The number of rotatable bonds is 10. The molecule has 7 nitrogen and oxygen atoms in total. The molecular weight excluding hydrogens is 380 g/mol. The summed E-state index contributed by atoms with van der Waals surface area (Å²) < 4.78 is 10.7. The molecule has 162 valence electrons. The number of amides is 1. The van der Waals surface area contributed by atoms with Crippen LogP contribution in [0.2, 0.25) is 0 Å². The molecule has 0 radical (unpaired) electrons. The maximum atomic E-state index is 11.4. The maximum absolute atomic E-state index is 11.4. The smallest absolute Gasteiger partial charge is 0.246 e. The highest BCUT2D eigenvalue weighted by molar-refractivity contribution is 5.77. The number of benzene rings is 1. The summed E-state index contributed by atoms with van der Waals surface area (Å²) in [6.45, 7) is 8.65. The molecule has 1 amide bonds. The van der Waals surface area contributed by atoms with Crippen molar-refractivity contribution in [3.05, 3.63) is 59.9 Å². The van der Waals surface area contributed by atoms with Crippen LogP contribution in [0.5, 0.6) is 5.75 Å². The molecule has 1 N–H and O–H groups in total. The topological polar surface area (TPSA) is 66.9 Å². The average Bonchev–Trinajstić information content (AvgIpc) is 2.76. The van der Waals surface area contributed by atoms with Crippen LogP contribution in [0.1, 0.15) is 18.1 Å². The Morgan fingerprint density at radius 1 is 1.07 bits per heavy atom. The van der Waals surface area contributed by atoms with Gasteiger partial charge in [0.15, 0.2) is 0 Å². The second kappa shape index (κ2) is 11.6. The molecule has 0 bridgehead atoms. The quantitative estimate of drug-likeness (QED) is 0.643. The normalized spacial score (nSPS) is 16.2.